The lowest BCUT2D eigenvalue weighted by Crippen LogP contribution is -2.53. The van der Waals surface area contributed by atoms with Crippen molar-refractivity contribution in [3.8, 4) is 34.1 Å². The van der Waals surface area contributed by atoms with Crippen molar-refractivity contribution >= 4 is 64.9 Å². The molecule has 8 rings (SSSR count). The molecule has 29 nitrogen and oxygen atoms in total. The molecular formula is C80H104N8O21. The molecule has 2 heterocycles. The monoisotopic (exact) mass is 1510 g/mol. The molecule has 29 heteroatoms. The number of rotatable bonds is 41. The van der Waals surface area contributed by atoms with Gasteiger partial charge in [0.25, 0.3) is 11.8 Å². The zero-order valence-electron chi connectivity index (χ0n) is 63.4. The first-order valence-corrected chi connectivity index (χ1v) is 36.6. The van der Waals surface area contributed by atoms with Crippen molar-refractivity contribution in [1.29, 1.82) is 0 Å². The van der Waals surface area contributed by atoms with Gasteiger partial charge in [-0.25, -0.2) is 14.4 Å². The van der Waals surface area contributed by atoms with Crippen LogP contribution in [0.1, 0.15) is 123 Å². The molecule has 4 atom stereocenters. The van der Waals surface area contributed by atoms with Crippen molar-refractivity contribution in [2.45, 2.75) is 122 Å². The normalized spacial score (nSPS) is 15.1. The summed E-state index contributed by atoms with van der Waals surface area (Å²) in [5, 5.41) is 36.5. The first kappa shape index (κ1) is 84.3. The highest BCUT2D eigenvalue weighted by Gasteiger charge is 2.36. The Balaban J connectivity index is 0.718. The van der Waals surface area contributed by atoms with Gasteiger partial charge in [-0.1, -0.05) is 98.8 Å². The van der Waals surface area contributed by atoms with Crippen LogP contribution in [0.4, 0.5) is 31.4 Å². The van der Waals surface area contributed by atoms with Gasteiger partial charge in [0.15, 0.2) is 23.0 Å². The molecule has 5 aromatic rings. The minimum Gasteiger partial charge on any atom is -0.493 e. The molecule has 3 aliphatic rings. The minimum absolute atomic E-state index is 0.0194. The summed E-state index contributed by atoms with van der Waals surface area (Å²) < 4.78 is 62.6. The Labute approximate surface area is 635 Å². The van der Waals surface area contributed by atoms with Gasteiger partial charge in [0.2, 0.25) is 17.7 Å². The van der Waals surface area contributed by atoms with E-state index in [4.69, 9.17) is 52.1 Å². The van der Waals surface area contributed by atoms with Crippen LogP contribution in [0, 0.1) is 5.92 Å². The second-order valence-electron chi connectivity index (χ2n) is 27.8. The number of nitrogens with one attached hydrogen (secondary N) is 6. The largest absolute Gasteiger partial charge is 0.493 e. The van der Waals surface area contributed by atoms with Crippen LogP contribution in [0.15, 0.2) is 121 Å². The molecule has 0 unspecified atom stereocenters. The summed E-state index contributed by atoms with van der Waals surface area (Å²) >= 11 is 0. The predicted molar refractivity (Wildman–Crippen MR) is 406 cm³/mol. The Kier molecular flexibility index (Phi) is 32.4. The van der Waals surface area contributed by atoms with Crippen LogP contribution in [0.3, 0.4) is 0 Å². The Morgan fingerprint density at radius 3 is 1.54 bits per heavy atom. The molecule has 5 aromatic carbocycles. The third kappa shape index (κ3) is 25.1. The molecule has 2 aliphatic heterocycles. The average molecular weight is 1510 g/mol. The predicted octanol–water partition coefficient (Wildman–Crippen LogP) is 9.53. The van der Waals surface area contributed by atoms with Crippen LogP contribution in [0.2, 0.25) is 0 Å². The minimum atomic E-state index is -1.01. The van der Waals surface area contributed by atoms with E-state index in [1.165, 1.54) is 55.2 Å². The number of anilines is 3. The number of ether oxygens (including phenoxy) is 11. The number of methoxy groups -OCH3 is 2. The molecule has 0 saturated carbocycles. The van der Waals surface area contributed by atoms with Crippen LogP contribution in [-0.2, 0) is 54.1 Å². The van der Waals surface area contributed by atoms with Gasteiger partial charge in [-0.2, -0.15) is 0 Å². The number of nitrogens with zero attached hydrogens (tertiary/aromatic N) is 2. The number of aliphatic hydroxyl groups is 2. The van der Waals surface area contributed by atoms with Gasteiger partial charge < -0.3 is 93.4 Å². The molecule has 0 bridgehead atoms. The molecule has 0 radical (unpaired) electrons. The Bertz CT molecular complexity index is 3910. The molecule has 109 heavy (non-hydrogen) atoms. The Morgan fingerprint density at radius 2 is 1.05 bits per heavy atom. The van der Waals surface area contributed by atoms with Gasteiger partial charge in [-0.15, -0.1) is 0 Å². The van der Waals surface area contributed by atoms with Crippen LogP contribution < -0.4 is 50.8 Å². The third-order valence-electron chi connectivity index (χ3n) is 18.0. The number of carbonyl (C=O) groups excluding carboxylic acids is 8. The molecule has 1 aliphatic carbocycles. The van der Waals surface area contributed by atoms with E-state index in [1.54, 1.807) is 58.9 Å². The molecule has 590 valence electrons. The lowest BCUT2D eigenvalue weighted by atomic mass is 9.98. The van der Waals surface area contributed by atoms with Crippen molar-refractivity contribution < 1.29 is 101 Å². The molecule has 2 saturated heterocycles. The Morgan fingerprint density at radius 1 is 0.550 bits per heavy atom. The number of hydrogen-bond acceptors (Lipinski definition) is 21. The number of hydrogen-bond donors (Lipinski definition) is 8. The van der Waals surface area contributed by atoms with E-state index in [1.807, 2.05) is 24.3 Å². The summed E-state index contributed by atoms with van der Waals surface area (Å²) in [4.78, 5) is 110. The zero-order chi connectivity index (χ0) is 78.6. The number of fused-ring (bicyclic) bond motifs is 3. The lowest BCUT2D eigenvalue weighted by molar-refractivity contribution is -0.132. The summed E-state index contributed by atoms with van der Waals surface area (Å²) in [6.45, 7) is 20.9. The summed E-state index contributed by atoms with van der Waals surface area (Å²) in [7, 11) is 2.84. The maximum absolute atomic E-state index is 14.3. The second kappa shape index (κ2) is 41.9. The molecular weight excluding hydrogens is 1410 g/mol. The smallest absolute Gasteiger partial charge is 0.412 e. The fourth-order valence-corrected chi connectivity index (χ4v) is 12.4. The highest BCUT2D eigenvalue weighted by atomic mass is 16.6. The summed E-state index contributed by atoms with van der Waals surface area (Å²) in [5.41, 5.74) is 6.51. The number of carbonyl (C=O) groups is 8. The molecule has 2 fully saturated rings. The van der Waals surface area contributed by atoms with Crippen molar-refractivity contribution in [3.05, 3.63) is 149 Å². The van der Waals surface area contributed by atoms with E-state index in [9.17, 15) is 48.6 Å². The fourth-order valence-electron chi connectivity index (χ4n) is 12.4. The molecule has 0 spiro atoms. The van der Waals surface area contributed by atoms with E-state index in [0.29, 0.717) is 76.4 Å². The van der Waals surface area contributed by atoms with E-state index in [-0.39, 0.29) is 143 Å². The highest BCUT2D eigenvalue weighted by Crippen LogP contribution is 2.45. The zero-order valence-corrected chi connectivity index (χ0v) is 63.4. The van der Waals surface area contributed by atoms with Gasteiger partial charge in [-0.3, -0.25) is 34.6 Å². The van der Waals surface area contributed by atoms with Crippen molar-refractivity contribution in [2.75, 3.05) is 136 Å². The number of alkyl carbamates (subject to hydrolysis) is 1. The van der Waals surface area contributed by atoms with Crippen LogP contribution in [0.25, 0.3) is 11.1 Å². The van der Waals surface area contributed by atoms with E-state index >= 15 is 0 Å². The lowest BCUT2D eigenvalue weighted by Gasteiger charge is -2.25. The van der Waals surface area contributed by atoms with Gasteiger partial charge in [0, 0.05) is 49.8 Å². The summed E-state index contributed by atoms with van der Waals surface area (Å²) in [6.07, 6.45) is 0.236. The average Bonchev–Trinajstić information content (AvgIpc) is 1.64. The van der Waals surface area contributed by atoms with Crippen molar-refractivity contribution in [2.24, 2.45) is 5.92 Å². The van der Waals surface area contributed by atoms with E-state index < -0.39 is 77.6 Å². The third-order valence-corrected chi connectivity index (χ3v) is 18.0. The topological polar surface area (TPSA) is 357 Å². The summed E-state index contributed by atoms with van der Waals surface area (Å²) in [6, 6.07) is 25.6. The first-order chi connectivity index (χ1) is 52.4. The van der Waals surface area contributed by atoms with Crippen molar-refractivity contribution in [3.63, 3.8) is 0 Å². The molecule has 0 aromatic heterocycles. The standard InChI is InChI=1S/C80H104N8O21/c1-50(2)72(86-71(91)26-30-101-32-34-103-36-37-104-35-33-102-31-27-81-77(96)108-49-64-60-20-14-12-18-58(60)59-19-13-15-21-61(59)64)74(93)82-53(5)73(92)83-55-24-22-54(23-25-55)48-107-78(97)84-65-42-69(67(99-9)40-62(65)75(94)87-44-51(3)38-56(87)46-89)105-28-16-11-17-29-106-70-43-66(85-79(98)109-80(6,7)8)63(41-68(70)100-10)76(95)88-45-52(4)39-57(88)47-90/h12-15,18-25,40-43,50,53,56-57,64,72,89-90H,3-4,11,16-17,26-39,44-49H2,1-2,5-10H3,(H,81,96)(H,82,93)(H,83,92)(H,84,97)(H,85,98)(H,86,91)/t53-,56-,57-,72-/m0/s1. The quantitative estimate of drug-likeness (QED) is 0.0102. The van der Waals surface area contributed by atoms with E-state index in [0.717, 1.165) is 33.4 Å². The summed E-state index contributed by atoms with van der Waals surface area (Å²) in [5.74, 6) is -1.93. The number of unbranched alkanes of at least 4 members (excludes halogenated alkanes) is 2. The number of benzene rings is 5. The second-order valence-corrected chi connectivity index (χ2v) is 27.8. The van der Waals surface area contributed by atoms with Crippen LogP contribution >= 0.6 is 0 Å². The van der Waals surface area contributed by atoms with Gasteiger partial charge in [-0.05, 0) is 118 Å². The number of aliphatic hydroxyl groups excluding tert-OH is 2. The van der Waals surface area contributed by atoms with Gasteiger partial charge >= 0.3 is 18.3 Å². The first-order valence-electron chi connectivity index (χ1n) is 36.6. The van der Waals surface area contributed by atoms with Crippen LogP contribution in [0.5, 0.6) is 23.0 Å². The Hall–Kier alpha value is -10.3. The maximum Gasteiger partial charge on any atom is 0.412 e. The maximum atomic E-state index is 14.3. The number of likely N-dealkylation sites (tertiary alicyclic amines) is 2. The van der Waals surface area contributed by atoms with Gasteiger partial charge in [0.05, 0.1) is 128 Å². The van der Waals surface area contributed by atoms with E-state index in [2.05, 4.69) is 69.3 Å². The highest BCUT2D eigenvalue weighted by molar-refractivity contribution is 6.05. The van der Waals surface area contributed by atoms with Crippen molar-refractivity contribution in [1.82, 2.24) is 25.8 Å². The fraction of sp³-hybridized carbons (Fsp3) is 0.475. The van der Waals surface area contributed by atoms with Crippen LogP contribution in [-0.4, -0.2) is 217 Å². The molecule has 8 amide bonds. The van der Waals surface area contributed by atoms with Gasteiger partial charge in [0.1, 0.15) is 30.9 Å². The SMILES string of the molecule is C=C1C[C@@H](CO)N(C(=O)c2cc(OC)c(OCCCCCOc3cc(NC(=O)OC(C)(C)C)c(C(=O)N4CC(=C)C[C@H]4CO)cc3OC)cc2NC(=O)OCc2ccc(NC(=O)[C@H](C)NC(=O)[C@@H](NC(=O)CCOCCOCCOCCOCCNC(=O)OCC3c4ccccc4-c4ccccc43)C(C)C)cc2)C1. The molecule has 8 N–H and O–H groups in total. The number of amides is 8.